The third-order valence-corrected chi connectivity index (χ3v) is 3.11. The van der Waals surface area contributed by atoms with Crippen molar-refractivity contribution in [3.8, 4) is 0 Å². The van der Waals surface area contributed by atoms with E-state index in [-0.39, 0.29) is 13.2 Å². The fraction of sp³-hybridized carbons (Fsp3) is 0.308. The molecule has 0 aliphatic carbocycles. The van der Waals surface area contributed by atoms with Crippen molar-refractivity contribution in [1.29, 1.82) is 0 Å². The number of hydrogen-bond acceptors (Lipinski definition) is 4. The first-order valence-electron chi connectivity index (χ1n) is 6.09. The minimum Gasteiger partial charge on any atom is -0.398 e. The van der Waals surface area contributed by atoms with Crippen molar-refractivity contribution in [1.82, 2.24) is 4.98 Å². The van der Waals surface area contributed by atoms with Crippen LogP contribution in [0.5, 0.6) is 0 Å². The summed E-state index contributed by atoms with van der Waals surface area (Å²) in [7, 11) is 0. The molecular formula is C13H13BrF3N3O. The van der Waals surface area contributed by atoms with E-state index in [1.165, 1.54) is 0 Å². The fourth-order valence-corrected chi connectivity index (χ4v) is 2.14. The second-order valence-corrected chi connectivity index (χ2v) is 5.26. The van der Waals surface area contributed by atoms with Gasteiger partial charge in [-0.05, 0) is 34.1 Å². The molecule has 0 aliphatic rings. The van der Waals surface area contributed by atoms with Crippen molar-refractivity contribution in [2.24, 2.45) is 0 Å². The number of pyridine rings is 1. The number of benzene rings is 1. The van der Waals surface area contributed by atoms with Crippen LogP contribution in [0, 0.1) is 0 Å². The summed E-state index contributed by atoms with van der Waals surface area (Å²) in [4.78, 5) is 4.27. The molecule has 1 heterocycles. The van der Waals surface area contributed by atoms with Crippen LogP contribution in [-0.4, -0.2) is 30.9 Å². The monoisotopic (exact) mass is 363 g/mol. The van der Waals surface area contributed by atoms with Crippen molar-refractivity contribution in [3.05, 3.63) is 28.9 Å². The van der Waals surface area contributed by atoms with E-state index >= 15 is 0 Å². The maximum atomic E-state index is 11.9. The number of fused-ring (bicyclic) bond motifs is 1. The number of nitrogen functional groups attached to an aromatic ring is 1. The Bertz CT molecular complexity index is 634. The number of nitrogens with one attached hydrogen (secondary N) is 1. The van der Waals surface area contributed by atoms with Gasteiger partial charge >= 0.3 is 6.18 Å². The Balaban J connectivity index is 2.01. The molecule has 21 heavy (non-hydrogen) atoms. The van der Waals surface area contributed by atoms with Crippen molar-refractivity contribution >= 4 is 38.2 Å². The molecule has 0 saturated carbocycles. The molecule has 3 N–H and O–H groups in total. The van der Waals surface area contributed by atoms with Crippen LogP contribution in [0.1, 0.15) is 0 Å². The lowest BCUT2D eigenvalue weighted by Crippen LogP contribution is -2.20. The molecule has 0 unspecified atom stereocenters. The quantitative estimate of drug-likeness (QED) is 0.629. The predicted octanol–water partition coefficient (Wildman–Crippen LogP) is 3.57. The molecule has 1 aromatic heterocycles. The summed E-state index contributed by atoms with van der Waals surface area (Å²) in [6.07, 6.45) is -2.67. The van der Waals surface area contributed by atoms with Crippen LogP contribution in [0.15, 0.2) is 28.9 Å². The summed E-state index contributed by atoms with van der Waals surface area (Å²) in [6, 6.07) is 5.29. The molecule has 2 aromatic rings. The predicted molar refractivity (Wildman–Crippen MR) is 79.2 cm³/mol. The van der Waals surface area contributed by atoms with E-state index in [1.54, 1.807) is 18.3 Å². The molecule has 0 radical (unpaired) electrons. The van der Waals surface area contributed by atoms with Crippen molar-refractivity contribution in [2.45, 2.75) is 6.18 Å². The molecule has 114 valence electrons. The van der Waals surface area contributed by atoms with Gasteiger partial charge in [-0.15, -0.1) is 0 Å². The van der Waals surface area contributed by atoms with Gasteiger partial charge in [0.1, 0.15) is 6.61 Å². The van der Waals surface area contributed by atoms with E-state index in [2.05, 4.69) is 31.0 Å². The zero-order valence-corrected chi connectivity index (χ0v) is 12.5. The van der Waals surface area contributed by atoms with Gasteiger partial charge in [-0.1, -0.05) is 0 Å². The number of alkyl halides is 3. The van der Waals surface area contributed by atoms with Gasteiger partial charge in [-0.2, -0.15) is 13.2 Å². The number of halogens is 4. The minimum absolute atomic E-state index is 0.0537. The molecule has 1 aromatic carbocycles. The zero-order valence-electron chi connectivity index (χ0n) is 10.9. The largest absolute Gasteiger partial charge is 0.411 e. The molecule has 0 aliphatic heterocycles. The smallest absolute Gasteiger partial charge is 0.398 e. The van der Waals surface area contributed by atoms with Gasteiger partial charge in [-0.25, -0.2) is 0 Å². The molecule has 0 bridgehead atoms. The fourth-order valence-electron chi connectivity index (χ4n) is 1.80. The summed E-state index contributed by atoms with van der Waals surface area (Å²) < 4.78 is 41.1. The molecule has 0 fully saturated rings. The second-order valence-electron chi connectivity index (χ2n) is 4.35. The van der Waals surface area contributed by atoms with Gasteiger partial charge < -0.3 is 15.8 Å². The molecule has 0 spiro atoms. The molecule has 2 rings (SSSR count). The van der Waals surface area contributed by atoms with E-state index in [0.29, 0.717) is 16.9 Å². The summed E-state index contributed by atoms with van der Waals surface area (Å²) >= 11 is 3.32. The number of nitrogens with two attached hydrogens (primary N) is 1. The Kier molecular flexibility index (Phi) is 4.89. The van der Waals surface area contributed by atoms with Gasteiger partial charge in [0.15, 0.2) is 0 Å². The number of rotatable bonds is 5. The molecule has 0 saturated heterocycles. The van der Waals surface area contributed by atoms with Gasteiger partial charge in [0.2, 0.25) is 0 Å². The number of ether oxygens (including phenoxy) is 1. The lowest BCUT2D eigenvalue weighted by molar-refractivity contribution is -0.172. The number of hydrogen-bond donors (Lipinski definition) is 2. The zero-order chi connectivity index (χ0) is 15.5. The topological polar surface area (TPSA) is 60.2 Å². The highest BCUT2D eigenvalue weighted by Gasteiger charge is 2.27. The van der Waals surface area contributed by atoms with Crippen LogP contribution >= 0.6 is 15.9 Å². The Morgan fingerprint density at radius 3 is 2.81 bits per heavy atom. The van der Waals surface area contributed by atoms with Crippen LogP contribution in [-0.2, 0) is 4.74 Å². The summed E-state index contributed by atoms with van der Waals surface area (Å²) in [5, 5.41) is 3.76. The highest BCUT2D eigenvalue weighted by Crippen LogP contribution is 2.28. The van der Waals surface area contributed by atoms with E-state index in [0.717, 1.165) is 9.86 Å². The first-order chi connectivity index (χ1) is 9.87. The summed E-state index contributed by atoms with van der Waals surface area (Å²) in [6.45, 7) is -1.06. The first kappa shape index (κ1) is 15.8. The maximum Gasteiger partial charge on any atom is 0.411 e. The van der Waals surface area contributed by atoms with Crippen LogP contribution in [0.2, 0.25) is 0 Å². The van der Waals surface area contributed by atoms with Crippen LogP contribution in [0.25, 0.3) is 10.9 Å². The first-order valence-corrected chi connectivity index (χ1v) is 6.88. The lowest BCUT2D eigenvalue weighted by Gasteiger charge is -2.12. The van der Waals surface area contributed by atoms with E-state index in [9.17, 15) is 13.2 Å². The highest BCUT2D eigenvalue weighted by atomic mass is 79.9. The average molecular weight is 364 g/mol. The number of anilines is 2. The third kappa shape index (κ3) is 4.47. The molecule has 0 amide bonds. The van der Waals surface area contributed by atoms with E-state index in [4.69, 9.17) is 5.73 Å². The highest BCUT2D eigenvalue weighted by molar-refractivity contribution is 9.10. The Morgan fingerprint density at radius 2 is 2.10 bits per heavy atom. The van der Waals surface area contributed by atoms with E-state index in [1.807, 2.05) is 6.07 Å². The Morgan fingerprint density at radius 1 is 1.33 bits per heavy atom. The van der Waals surface area contributed by atoms with Crippen LogP contribution < -0.4 is 11.1 Å². The van der Waals surface area contributed by atoms with E-state index < -0.39 is 12.8 Å². The number of aromatic nitrogens is 1. The number of nitrogens with zero attached hydrogens (tertiary/aromatic N) is 1. The summed E-state index contributed by atoms with van der Waals surface area (Å²) in [5.41, 5.74) is 7.82. The third-order valence-electron chi connectivity index (χ3n) is 2.68. The molecule has 8 heteroatoms. The van der Waals surface area contributed by atoms with Gasteiger partial charge in [-0.3, -0.25) is 4.98 Å². The molecular weight excluding hydrogens is 351 g/mol. The van der Waals surface area contributed by atoms with Crippen LogP contribution in [0.4, 0.5) is 24.5 Å². The Labute approximate surface area is 127 Å². The van der Waals surface area contributed by atoms with Crippen molar-refractivity contribution in [3.63, 3.8) is 0 Å². The second kappa shape index (κ2) is 6.48. The Hall–Kier alpha value is -1.54. The van der Waals surface area contributed by atoms with Gasteiger partial charge in [0, 0.05) is 28.3 Å². The molecule has 4 nitrogen and oxygen atoms in total. The van der Waals surface area contributed by atoms with Crippen molar-refractivity contribution < 1.29 is 17.9 Å². The van der Waals surface area contributed by atoms with Gasteiger partial charge in [0.25, 0.3) is 0 Å². The standard InChI is InChI=1S/C13H13BrF3N3O/c14-8-5-9-10(18)1-2-11(12(9)20-6-8)19-3-4-21-7-13(15,16)17/h1-2,5-6,19H,3-4,7,18H2. The molecule has 0 atom stereocenters. The minimum atomic E-state index is -4.30. The maximum absolute atomic E-state index is 11.9. The lowest BCUT2D eigenvalue weighted by atomic mass is 10.1. The summed E-state index contributed by atoms with van der Waals surface area (Å²) in [5.74, 6) is 0. The normalized spacial score (nSPS) is 11.8. The SMILES string of the molecule is Nc1ccc(NCCOCC(F)(F)F)c2ncc(Br)cc12. The van der Waals surface area contributed by atoms with Crippen molar-refractivity contribution in [2.75, 3.05) is 30.8 Å². The van der Waals surface area contributed by atoms with Gasteiger partial charge in [0.05, 0.1) is 17.8 Å². The average Bonchev–Trinajstić information content (AvgIpc) is 2.40. The van der Waals surface area contributed by atoms with Crippen LogP contribution in [0.3, 0.4) is 0 Å².